The van der Waals surface area contributed by atoms with Crippen LogP contribution in [0, 0.1) is 0 Å². The van der Waals surface area contributed by atoms with Crippen molar-refractivity contribution >= 4 is 23.9 Å². The Kier molecular flexibility index (Phi) is 27.6. The molecule has 8 nitrogen and oxygen atoms in total. The number of carbonyl (C=O) groups excluding carboxylic acids is 1. The molecule has 0 bridgehead atoms. The van der Waals surface area contributed by atoms with Crippen molar-refractivity contribution in [2.75, 3.05) is 0 Å². The number of esters is 1. The van der Waals surface area contributed by atoms with Gasteiger partial charge in [-0.3, -0.25) is 19.2 Å². The Labute approximate surface area is 104 Å². The van der Waals surface area contributed by atoms with E-state index < -0.39 is 17.9 Å². The van der Waals surface area contributed by atoms with E-state index in [-0.39, 0.29) is 5.97 Å². The van der Waals surface area contributed by atoms with Gasteiger partial charge in [0, 0.05) is 27.7 Å². The molecule has 0 aliphatic carbocycles. The number of rotatable bonds is 1. The van der Waals surface area contributed by atoms with Crippen LogP contribution in [0.2, 0.25) is 0 Å². The minimum Gasteiger partial charge on any atom is -0.481 e. The van der Waals surface area contributed by atoms with Gasteiger partial charge >= 0.3 is 5.97 Å². The van der Waals surface area contributed by atoms with Gasteiger partial charge < -0.3 is 20.1 Å². The van der Waals surface area contributed by atoms with Gasteiger partial charge in [0.15, 0.2) is 0 Å². The Morgan fingerprint density at radius 1 is 0.833 bits per heavy atom. The Hall–Kier alpha value is -2.38. The molecule has 0 aromatic rings. The molecule has 0 aliphatic rings. The summed E-state index contributed by atoms with van der Waals surface area (Å²) in [4.78, 5) is 36.8. The standard InChI is InChI=1S/C4H6O2.3C2H4O2/c1-3-6-4(2)5;3*1-2(3)4/h3H,1H2,2H3;3*1H3,(H,3,4). The van der Waals surface area contributed by atoms with Crippen LogP contribution in [0.15, 0.2) is 12.8 Å². The first-order valence-corrected chi connectivity index (χ1v) is 4.34. The lowest BCUT2D eigenvalue weighted by molar-refractivity contribution is -0.136. The summed E-state index contributed by atoms with van der Waals surface area (Å²) in [5.41, 5.74) is 0. The van der Waals surface area contributed by atoms with Crippen molar-refractivity contribution in [3.63, 3.8) is 0 Å². The van der Waals surface area contributed by atoms with E-state index in [2.05, 4.69) is 11.3 Å². The van der Waals surface area contributed by atoms with Gasteiger partial charge in [0.05, 0.1) is 6.26 Å². The third-order valence-electron chi connectivity index (χ3n) is 0.249. The predicted octanol–water partition coefficient (Wildman–Crippen LogP) is 0.966. The molecule has 0 aliphatic heterocycles. The third-order valence-corrected chi connectivity index (χ3v) is 0.249. The third kappa shape index (κ3) is 5640. The topological polar surface area (TPSA) is 138 Å². The maximum Gasteiger partial charge on any atom is 0.307 e. The highest BCUT2D eigenvalue weighted by atomic mass is 16.5. The van der Waals surface area contributed by atoms with Crippen LogP contribution in [0.5, 0.6) is 0 Å². The molecule has 8 heteroatoms. The highest BCUT2D eigenvalue weighted by molar-refractivity contribution is 5.66. The Morgan fingerprint density at radius 2 is 1.00 bits per heavy atom. The van der Waals surface area contributed by atoms with Gasteiger partial charge in [-0.25, -0.2) is 0 Å². The van der Waals surface area contributed by atoms with Crippen molar-refractivity contribution in [3.05, 3.63) is 12.8 Å². The summed E-state index contributed by atoms with van der Waals surface area (Å²) in [7, 11) is 0. The van der Waals surface area contributed by atoms with Gasteiger partial charge in [-0.2, -0.15) is 0 Å². The molecule has 0 aromatic carbocycles. The molecular weight excluding hydrogens is 248 g/mol. The lowest BCUT2D eigenvalue weighted by atomic mass is 10.8. The second-order valence-electron chi connectivity index (χ2n) is 2.33. The fourth-order valence-electron chi connectivity index (χ4n) is 0.117. The highest BCUT2D eigenvalue weighted by Crippen LogP contribution is 1.70. The van der Waals surface area contributed by atoms with Crippen LogP contribution in [0.3, 0.4) is 0 Å². The Bertz CT molecular complexity index is 229. The molecule has 0 saturated carbocycles. The predicted molar refractivity (Wildman–Crippen MR) is 61.9 cm³/mol. The lowest BCUT2D eigenvalue weighted by Crippen LogP contribution is -1.87. The van der Waals surface area contributed by atoms with E-state index in [9.17, 15) is 4.79 Å². The molecule has 0 spiro atoms. The molecule has 0 radical (unpaired) electrons. The first-order valence-electron chi connectivity index (χ1n) is 4.34. The summed E-state index contributed by atoms with van der Waals surface area (Å²) in [5, 5.41) is 22.2. The van der Waals surface area contributed by atoms with Gasteiger partial charge in [0.25, 0.3) is 17.9 Å². The van der Waals surface area contributed by atoms with E-state index in [0.29, 0.717) is 0 Å². The fraction of sp³-hybridized carbons (Fsp3) is 0.400. The second kappa shape index (κ2) is 20.1. The molecular formula is C10H18O8. The largest absolute Gasteiger partial charge is 0.481 e. The van der Waals surface area contributed by atoms with E-state index in [1.54, 1.807) is 0 Å². The van der Waals surface area contributed by atoms with Gasteiger partial charge in [-0.15, -0.1) is 0 Å². The van der Waals surface area contributed by atoms with Crippen molar-refractivity contribution in [3.8, 4) is 0 Å². The van der Waals surface area contributed by atoms with Gasteiger partial charge in [-0.05, 0) is 0 Å². The molecule has 0 rings (SSSR count). The van der Waals surface area contributed by atoms with Crippen molar-refractivity contribution in [1.29, 1.82) is 0 Å². The number of hydrogen-bond acceptors (Lipinski definition) is 5. The van der Waals surface area contributed by atoms with Crippen molar-refractivity contribution in [2.24, 2.45) is 0 Å². The van der Waals surface area contributed by atoms with Crippen molar-refractivity contribution in [1.82, 2.24) is 0 Å². The Balaban J connectivity index is -0.0000000742. The maximum absolute atomic E-state index is 9.75. The monoisotopic (exact) mass is 266 g/mol. The van der Waals surface area contributed by atoms with E-state index >= 15 is 0 Å². The first-order chi connectivity index (χ1) is 7.97. The number of hydrogen-bond donors (Lipinski definition) is 3. The summed E-state index contributed by atoms with van der Waals surface area (Å²) in [6, 6.07) is 0. The van der Waals surface area contributed by atoms with Crippen LogP contribution in [-0.4, -0.2) is 39.2 Å². The van der Waals surface area contributed by atoms with Crippen molar-refractivity contribution < 1.29 is 39.2 Å². The normalized spacial score (nSPS) is 6.44. The van der Waals surface area contributed by atoms with Crippen LogP contribution in [0.1, 0.15) is 27.7 Å². The van der Waals surface area contributed by atoms with Crippen LogP contribution in [-0.2, 0) is 23.9 Å². The fourth-order valence-corrected chi connectivity index (χ4v) is 0.117. The van der Waals surface area contributed by atoms with Gasteiger partial charge in [0.1, 0.15) is 0 Å². The zero-order chi connectivity index (χ0) is 15.7. The van der Waals surface area contributed by atoms with Crippen LogP contribution >= 0.6 is 0 Å². The molecule has 0 atom stereocenters. The first kappa shape index (κ1) is 24.7. The molecule has 0 fully saturated rings. The minimum atomic E-state index is -0.833. The number of carboxylic acid groups (broad SMARTS) is 3. The maximum atomic E-state index is 9.75. The number of carbonyl (C=O) groups is 4. The van der Waals surface area contributed by atoms with Gasteiger partial charge in [-0.1, -0.05) is 6.58 Å². The number of aliphatic carboxylic acids is 3. The summed E-state index contributed by atoms with van der Waals surface area (Å²) < 4.78 is 4.17. The quantitative estimate of drug-likeness (QED) is 0.471. The molecule has 0 heterocycles. The lowest BCUT2D eigenvalue weighted by Gasteiger charge is -1.83. The molecule has 0 unspecified atom stereocenters. The second-order valence-corrected chi connectivity index (χ2v) is 2.33. The van der Waals surface area contributed by atoms with Gasteiger partial charge in [0.2, 0.25) is 0 Å². The minimum absolute atomic E-state index is 0.329. The zero-order valence-electron chi connectivity index (χ0n) is 10.7. The molecule has 106 valence electrons. The summed E-state index contributed by atoms with van der Waals surface area (Å²) in [6.45, 7) is 7.73. The summed E-state index contributed by atoms with van der Waals surface area (Å²) >= 11 is 0. The summed E-state index contributed by atoms with van der Waals surface area (Å²) in [6.07, 6.45) is 1.10. The smallest absolute Gasteiger partial charge is 0.307 e. The molecule has 0 amide bonds. The van der Waals surface area contributed by atoms with E-state index in [1.165, 1.54) is 6.92 Å². The average Bonchev–Trinajstić information content (AvgIpc) is 1.98. The van der Waals surface area contributed by atoms with Crippen LogP contribution < -0.4 is 0 Å². The number of carboxylic acids is 3. The molecule has 0 aromatic heterocycles. The van der Waals surface area contributed by atoms with E-state index in [1.807, 2.05) is 0 Å². The molecule has 0 saturated heterocycles. The zero-order valence-corrected chi connectivity index (χ0v) is 10.7. The molecule has 18 heavy (non-hydrogen) atoms. The summed E-state index contributed by atoms with van der Waals surface area (Å²) in [5.74, 6) is -2.83. The Morgan fingerprint density at radius 3 is 1.00 bits per heavy atom. The van der Waals surface area contributed by atoms with Crippen LogP contribution in [0.4, 0.5) is 0 Å². The van der Waals surface area contributed by atoms with Crippen molar-refractivity contribution in [2.45, 2.75) is 27.7 Å². The van der Waals surface area contributed by atoms with Crippen LogP contribution in [0.25, 0.3) is 0 Å². The number of ether oxygens (including phenoxy) is 1. The van der Waals surface area contributed by atoms with E-state index in [4.69, 9.17) is 29.7 Å². The average molecular weight is 266 g/mol. The SMILES string of the molecule is C=COC(C)=O.CC(=O)O.CC(=O)O.CC(=O)O. The van der Waals surface area contributed by atoms with E-state index in [0.717, 1.165) is 27.0 Å². The molecule has 3 N–H and O–H groups in total. The highest BCUT2D eigenvalue weighted by Gasteiger charge is 1.79.